The van der Waals surface area contributed by atoms with Crippen molar-refractivity contribution in [3.8, 4) is 0 Å². The number of carbonyl (C=O) groups is 2. The van der Waals surface area contributed by atoms with Gasteiger partial charge < -0.3 is 35.2 Å². The van der Waals surface area contributed by atoms with Crippen LogP contribution >= 0.6 is 0 Å². The van der Waals surface area contributed by atoms with Crippen LogP contribution in [0.15, 0.2) is 0 Å². The lowest BCUT2D eigenvalue weighted by atomic mass is 9.96. The zero-order chi connectivity index (χ0) is 15.3. The Morgan fingerprint density at radius 1 is 1.35 bits per heavy atom. The second kappa shape index (κ2) is 7.50. The van der Waals surface area contributed by atoms with E-state index in [1.165, 1.54) is 6.92 Å². The molecule has 0 spiro atoms. The number of hydrogen-bond donors (Lipinski definition) is 5. The maximum atomic E-state index is 11.1. The number of ether oxygens (including phenoxy) is 2. The van der Waals surface area contributed by atoms with Crippen LogP contribution in [-0.2, 0) is 19.1 Å². The molecule has 0 radical (unpaired) electrons. The number of aliphatic carboxylic acids is 1. The average molecular weight is 293 g/mol. The number of rotatable bonds is 6. The fourth-order valence-electron chi connectivity index (χ4n) is 1.95. The Kier molecular flexibility index (Phi) is 6.30. The van der Waals surface area contributed by atoms with Gasteiger partial charge in [-0.1, -0.05) is 0 Å². The van der Waals surface area contributed by atoms with Crippen molar-refractivity contribution in [3.05, 3.63) is 0 Å². The number of carboxylic acids is 1. The summed E-state index contributed by atoms with van der Waals surface area (Å²) in [5.41, 5.74) is 0. The van der Waals surface area contributed by atoms with Crippen molar-refractivity contribution < 1.29 is 39.5 Å². The molecule has 1 rings (SSSR count). The Morgan fingerprint density at radius 3 is 2.50 bits per heavy atom. The van der Waals surface area contributed by atoms with Gasteiger partial charge in [0, 0.05) is 6.92 Å². The van der Waals surface area contributed by atoms with Crippen LogP contribution in [-0.4, -0.2) is 76.2 Å². The van der Waals surface area contributed by atoms with Crippen molar-refractivity contribution in [2.24, 2.45) is 0 Å². The summed E-state index contributed by atoms with van der Waals surface area (Å²) in [6, 6.07) is -1.06. The smallest absolute Gasteiger partial charge is 0.305 e. The Morgan fingerprint density at radius 2 is 2.00 bits per heavy atom. The topological polar surface area (TPSA) is 146 Å². The molecule has 1 amide bonds. The molecule has 0 aromatic carbocycles. The van der Waals surface area contributed by atoms with Crippen LogP contribution in [0.4, 0.5) is 0 Å². The van der Waals surface area contributed by atoms with Gasteiger partial charge in [-0.15, -0.1) is 0 Å². The quantitative estimate of drug-likeness (QED) is 0.359. The first-order valence-electron chi connectivity index (χ1n) is 6.09. The van der Waals surface area contributed by atoms with Gasteiger partial charge in [-0.3, -0.25) is 9.59 Å². The number of nitrogens with one attached hydrogen (secondary N) is 1. The minimum absolute atomic E-state index is 0.210. The average Bonchev–Trinajstić information content (AvgIpc) is 2.36. The van der Waals surface area contributed by atoms with Crippen LogP contribution in [0.3, 0.4) is 0 Å². The van der Waals surface area contributed by atoms with E-state index in [0.29, 0.717) is 0 Å². The maximum absolute atomic E-state index is 11.1. The van der Waals surface area contributed by atoms with Crippen molar-refractivity contribution in [2.45, 2.75) is 44.0 Å². The lowest BCUT2D eigenvalue weighted by Gasteiger charge is -2.42. The molecular formula is C11H19NO8. The summed E-state index contributed by atoms with van der Waals surface area (Å²) in [6.45, 7) is 0.452. The van der Waals surface area contributed by atoms with Gasteiger partial charge in [-0.05, 0) is 0 Å². The molecule has 5 atom stereocenters. The largest absolute Gasteiger partial charge is 0.481 e. The minimum Gasteiger partial charge on any atom is -0.481 e. The molecule has 1 fully saturated rings. The fraction of sp³-hybridized carbons (Fsp3) is 0.818. The van der Waals surface area contributed by atoms with E-state index in [1.54, 1.807) is 0 Å². The Labute approximate surface area is 115 Å². The Balaban J connectivity index is 2.76. The van der Waals surface area contributed by atoms with Crippen molar-refractivity contribution in [1.29, 1.82) is 0 Å². The molecule has 9 nitrogen and oxygen atoms in total. The van der Waals surface area contributed by atoms with Gasteiger partial charge in [0.15, 0.2) is 6.29 Å². The fourth-order valence-corrected chi connectivity index (χ4v) is 1.95. The van der Waals surface area contributed by atoms with Gasteiger partial charge in [-0.2, -0.15) is 0 Å². The zero-order valence-corrected chi connectivity index (χ0v) is 10.9. The third-order valence-corrected chi connectivity index (χ3v) is 2.87. The molecule has 0 unspecified atom stereocenters. The summed E-state index contributed by atoms with van der Waals surface area (Å²) in [4.78, 5) is 21.5. The zero-order valence-electron chi connectivity index (χ0n) is 10.9. The van der Waals surface area contributed by atoms with Crippen LogP contribution in [0.1, 0.15) is 13.3 Å². The van der Waals surface area contributed by atoms with E-state index in [2.05, 4.69) is 5.32 Å². The highest BCUT2D eigenvalue weighted by Crippen LogP contribution is 2.22. The van der Waals surface area contributed by atoms with Crippen LogP contribution in [0, 0.1) is 0 Å². The molecule has 5 N–H and O–H groups in total. The third-order valence-electron chi connectivity index (χ3n) is 2.87. The monoisotopic (exact) mass is 293 g/mol. The molecule has 1 heterocycles. The number of aliphatic hydroxyl groups excluding tert-OH is 3. The van der Waals surface area contributed by atoms with Gasteiger partial charge in [-0.25, -0.2) is 0 Å². The highest BCUT2D eigenvalue weighted by atomic mass is 16.6. The summed E-state index contributed by atoms with van der Waals surface area (Å²) in [5, 5.41) is 39.7. The van der Waals surface area contributed by atoms with Crippen LogP contribution < -0.4 is 5.32 Å². The van der Waals surface area contributed by atoms with Gasteiger partial charge in [0.05, 0.1) is 19.6 Å². The maximum Gasteiger partial charge on any atom is 0.305 e. The van der Waals surface area contributed by atoms with E-state index < -0.39 is 49.1 Å². The van der Waals surface area contributed by atoms with Crippen molar-refractivity contribution in [2.75, 3.05) is 13.2 Å². The number of carboxylic acid groups (broad SMARTS) is 1. The van der Waals surface area contributed by atoms with Crippen molar-refractivity contribution in [1.82, 2.24) is 5.32 Å². The minimum atomic E-state index is -1.48. The Bertz CT molecular complexity index is 349. The lowest BCUT2D eigenvalue weighted by molar-refractivity contribution is -0.262. The first-order valence-corrected chi connectivity index (χ1v) is 6.09. The summed E-state index contributed by atoms with van der Waals surface area (Å²) >= 11 is 0. The Hall–Kier alpha value is -1.26. The van der Waals surface area contributed by atoms with Gasteiger partial charge >= 0.3 is 5.97 Å². The van der Waals surface area contributed by atoms with E-state index in [4.69, 9.17) is 19.7 Å². The molecule has 1 aliphatic rings. The molecule has 0 aromatic rings. The highest BCUT2D eigenvalue weighted by molar-refractivity contribution is 5.73. The van der Waals surface area contributed by atoms with E-state index in [-0.39, 0.29) is 13.0 Å². The standard InChI is InChI=1S/C11H19NO8/c1-5(14)12-8-10(19-3-2-7(15)16)9(17)6(4-13)20-11(8)18/h6,8-11,13,17-18H,2-4H2,1H3,(H,12,14)(H,15,16)/t6-,8-,9+,10+,11-/m0/s1. The van der Waals surface area contributed by atoms with E-state index in [9.17, 15) is 19.8 Å². The van der Waals surface area contributed by atoms with Crippen LogP contribution in [0.25, 0.3) is 0 Å². The number of hydrogen-bond acceptors (Lipinski definition) is 7. The first kappa shape index (κ1) is 16.8. The molecule has 1 aliphatic heterocycles. The molecule has 0 aromatic heterocycles. The third kappa shape index (κ3) is 4.39. The number of carbonyl (C=O) groups excluding carboxylic acids is 1. The first-order chi connectivity index (χ1) is 9.36. The predicted molar refractivity (Wildman–Crippen MR) is 63.6 cm³/mol. The summed E-state index contributed by atoms with van der Waals surface area (Å²) in [6.07, 6.45) is -5.25. The molecule has 1 saturated heterocycles. The van der Waals surface area contributed by atoms with Gasteiger partial charge in [0.25, 0.3) is 0 Å². The second-order valence-corrected chi connectivity index (χ2v) is 4.44. The summed E-state index contributed by atoms with van der Waals surface area (Å²) < 4.78 is 10.2. The van der Waals surface area contributed by atoms with E-state index >= 15 is 0 Å². The molecule has 0 bridgehead atoms. The van der Waals surface area contributed by atoms with Crippen LogP contribution in [0.5, 0.6) is 0 Å². The van der Waals surface area contributed by atoms with E-state index in [1.807, 2.05) is 0 Å². The normalized spacial score (nSPS) is 33.7. The molecule has 116 valence electrons. The van der Waals surface area contributed by atoms with Crippen molar-refractivity contribution in [3.63, 3.8) is 0 Å². The van der Waals surface area contributed by atoms with Gasteiger partial charge in [0.1, 0.15) is 24.4 Å². The highest BCUT2D eigenvalue weighted by Gasteiger charge is 2.45. The van der Waals surface area contributed by atoms with E-state index in [0.717, 1.165) is 0 Å². The summed E-state index contributed by atoms with van der Waals surface area (Å²) in [5.74, 6) is -1.55. The summed E-state index contributed by atoms with van der Waals surface area (Å²) in [7, 11) is 0. The SMILES string of the molecule is CC(=O)N[C@H]1[C@@H](OCCC(=O)O)[C@H](O)[C@H](CO)O[C@@H]1O. The molecule has 20 heavy (non-hydrogen) atoms. The number of aliphatic hydroxyl groups is 3. The molecule has 0 saturated carbocycles. The molecule has 9 heteroatoms. The molecular weight excluding hydrogens is 274 g/mol. The van der Waals surface area contributed by atoms with Gasteiger partial charge in [0.2, 0.25) is 5.91 Å². The second-order valence-electron chi connectivity index (χ2n) is 4.44. The van der Waals surface area contributed by atoms with Crippen molar-refractivity contribution >= 4 is 11.9 Å². The molecule has 0 aliphatic carbocycles. The lowest BCUT2D eigenvalue weighted by Crippen LogP contribution is -2.64. The predicted octanol–water partition coefficient (Wildman–Crippen LogP) is -2.58. The number of amides is 1. The van der Waals surface area contributed by atoms with Crippen LogP contribution in [0.2, 0.25) is 0 Å².